The van der Waals surface area contributed by atoms with Crippen molar-refractivity contribution < 1.29 is 26.9 Å². The zero-order valence-electron chi connectivity index (χ0n) is 19.1. The second-order valence-corrected chi connectivity index (χ2v) is 11.6. The summed E-state index contributed by atoms with van der Waals surface area (Å²) in [7, 11) is -1.96. The molecule has 0 rings (SSSR count). The lowest BCUT2D eigenvalue weighted by molar-refractivity contribution is -0.185. The summed E-state index contributed by atoms with van der Waals surface area (Å²) in [6.07, 6.45) is 1.94. The van der Waals surface area contributed by atoms with E-state index in [2.05, 4.69) is 11.6 Å². The lowest BCUT2D eigenvalue weighted by atomic mass is 9.92. The number of hydrogen-bond acceptors (Lipinski definition) is 3. The Balaban J connectivity index is 5.32. The van der Waals surface area contributed by atoms with Crippen LogP contribution in [-0.4, -0.2) is 32.7 Å². The average molecular weight is 444 g/mol. The minimum Gasteiger partial charge on any atom is -0.460 e. The van der Waals surface area contributed by atoms with Gasteiger partial charge in [-0.1, -0.05) is 51.9 Å². The molecule has 0 unspecified atom stereocenters. The SMILES string of the molecule is CCCCCCCCC[C@H](C(=O)OC(C)(C)C)[C@H](N[S@@](=O)C(C)(C)C)C(F)(F)F. The number of halogens is 3. The molecule has 0 amide bonds. The number of alkyl halides is 3. The zero-order valence-corrected chi connectivity index (χ0v) is 19.9. The summed E-state index contributed by atoms with van der Waals surface area (Å²) in [6, 6.07) is -2.21. The number of rotatable bonds is 12. The number of unbranched alkanes of at least 4 members (excludes halogenated alkanes) is 6. The van der Waals surface area contributed by atoms with Gasteiger partial charge in [-0.3, -0.25) is 4.79 Å². The Bertz CT molecular complexity index is 511. The third-order valence-corrected chi connectivity index (χ3v) is 5.95. The molecule has 29 heavy (non-hydrogen) atoms. The van der Waals surface area contributed by atoms with E-state index >= 15 is 0 Å². The van der Waals surface area contributed by atoms with Gasteiger partial charge in [0.2, 0.25) is 0 Å². The van der Waals surface area contributed by atoms with Crippen LogP contribution in [0.1, 0.15) is 99.8 Å². The van der Waals surface area contributed by atoms with Crippen LogP contribution < -0.4 is 4.72 Å². The standard InChI is InChI=1S/C21H40F3NO3S/c1-8-9-10-11-12-13-14-15-16(18(26)28-19(2,3)4)17(21(22,23)24)25-29(27)20(5,6)7/h16-17,25H,8-15H2,1-7H3/t16-,17-,29-/m0/s1. The average Bonchev–Trinajstić information content (AvgIpc) is 2.52. The predicted octanol–water partition coefficient (Wildman–Crippen LogP) is 6.07. The summed E-state index contributed by atoms with van der Waals surface area (Å²) in [6.45, 7) is 11.8. The highest BCUT2D eigenvalue weighted by atomic mass is 32.2. The van der Waals surface area contributed by atoms with E-state index in [4.69, 9.17) is 4.74 Å². The van der Waals surface area contributed by atoms with Crippen molar-refractivity contribution in [2.24, 2.45) is 5.92 Å². The van der Waals surface area contributed by atoms with Crippen molar-refractivity contribution in [2.75, 3.05) is 0 Å². The Morgan fingerprint density at radius 1 is 0.931 bits per heavy atom. The molecule has 0 aromatic carbocycles. The van der Waals surface area contributed by atoms with Crippen molar-refractivity contribution in [3.63, 3.8) is 0 Å². The van der Waals surface area contributed by atoms with Crippen molar-refractivity contribution in [1.82, 2.24) is 4.72 Å². The smallest absolute Gasteiger partial charge is 0.405 e. The highest BCUT2D eigenvalue weighted by molar-refractivity contribution is 7.84. The lowest BCUT2D eigenvalue weighted by Crippen LogP contribution is -2.54. The number of ether oxygens (including phenoxy) is 1. The fraction of sp³-hybridized carbons (Fsp3) is 0.952. The van der Waals surface area contributed by atoms with Gasteiger partial charge in [0.05, 0.1) is 21.7 Å². The molecule has 0 saturated heterocycles. The molecule has 0 aromatic heterocycles. The highest BCUT2D eigenvalue weighted by Crippen LogP contribution is 2.32. The molecule has 0 fully saturated rings. The molecule has 0 saturated carbocycles. The van der Waals surface area contributed by atoms with E-state index in [0.29, 0.717) is 6.42 Å². The highest BCUT2D eigenvalue weighted by Gasteiger charge is 2.49. The van der Waals surface area contributed by atoms with Gasteiger partial charge in [0.1, 0.15) is 11.6 Å². The quantitative estimate of drug-likeness (QED) is 0.294. The van der Waals surface area contributed by atoms with E-state index < -0.39 is 45.4 Å². The van der Waals surface area contributed by atoms with Crippen LogP contribution in [0.15, 0.2) is 0 Å². The minimum absolute atomic E-state index is 0.0429. The molecule has 0 radical (unpaired) electrons. The summed E-state index contributed by atoms with van der Waals surface area (Å²) >= 11 is 0. The second-order valence-electron chi connectivity index (χ2n) is 9.57. The number of nitrogens with one attached hydrogen (secondary N) is 1. The molecule has 174 valence electrons. The predicted molar refractivity (Wildman–Crippen MR) is 113 cm³/mol. The Hall–Kier alpha value is -0.630. The minimum atomic E-state index is -4.72. The lowest BCUT2D eigenvalue weighted by Gasteiger charge is -2.32. The third kappa shape index (κ3) is 12.6. The molecule has 0 aliphatic heterocycles. The van der Waals surface area contributed by atoms with Crippen LogP contribution in [0.25, 0.3) is 0 Å². The second kappa shape index (κ2) is 12.3. The third-order valence-electron chi connectivity index (χ3n) is 4.37. The number of carbonyl (C=O) groups excluding carboxylic acids is 1. The van der Waals surface area contributed by atoms with E-state index in [9.17, 15) is 22.2 Å². The molecule has 0 heterocycles. The monoisotopic (exact) mass is 443 g/mol. The molecule has 8 heteroatoms. The summed E-state index contributed by atoms with van der Waals surface area (Å²) in [5, 5.41) is 0. The van der Waals surface area contributed by atoms with E-state index in [-0.39, 0.29) is 6.42 Å². The maximum atomic E-state index is 13.8. The Morgan fingerprint density at radius 2 is 1.41 bits per heavy atom. The van der Waals surface area contributed by atoms with Crippen molar-refractivity contribution in [3.05, 3.63) is 0 Å². The van der Waals surface area contributed by atoms with Crippen LogP contribution in [-0.2, 0) is 20.5 Å². The fourth-order valence-corrected chi connectivity index (χ4v) is 3.67. The van der Waals surface area contributed by atoms with Crippen molar-refractivity contribution in [2.45, 2.75) is 122 Å². The van der Waals surface area contributed by atoms with Gasteiger partial charge < -0.3 is 4.74 Å². The maximum Gasteiger partial charge on any atom is 0.405 e. The molecular weight excluding hydrogens is 403 g/mol. The Kier molecular flexibility index (Phi) is 12.0. The first-order valence-electron chi connectivity index (χ1n) is 10.6. The van der Waals surface area contributed by atoms with Gasteiger partial charge in [-0.15, -0.1) is 0 Å². The molecule has 0 spiro atoms. The van der Waals surface area contributed by atoms with Gasteiger partial charge in [-0.2, -0.15) is 13.2 Å². The molecule has 3 atom stereocenters. The van der Waals surface area contributed by atoms with Gasteiger partial charge in [-0.05, 0) is 48.0 Å². The zero-order chi connectivity index (χ0) is 22.9. The first-order valence-corrected chi connectivity index (χ1v) is 11.7. The van der Waals surface area contributed by atoms with E-state index in [1.807, 2.05) is 0 Å². The fourth-order valence-electron chi connectivity index (χ4n) is 2.79. The van der Waals surface area contributed by atoms with Crippen molar-refractivity contribution in [3.8, 4) is 0 Å². The molecule has 0 aliphatic rings. The van der Waals surface area contributed by atoms with E-state index in [1.54, 1.807) is 41.5 Å². The summed E-state index contributed by atoms with van der Waals surface area (Å²) in [5.74, 6) is -2.33. The van der Waals surface area contributed by atoms with Crippen molar-refractivity contribution >= 4 is 17.0 Å². The first-order chi connectivity index (χ1) is 13.1. The summed E-state index contributed by atoms with van der Waals surface area (Å²) in [4.78, 5) is 12.6. The van der Waals surface area contributed by atoms with Crippen LogP contribution in [0.2, 0.25) is 0 Å². The largest absolute Gasteiger partial charge is 0.460 e. The molecular formula is C21H40F3NO3S. The van der Waals surface area contributed by atoms with Crippen LogP contribution in [0, 0.1) is 5.92 Å². The number of carbonyl (C=O) groups is 1. The topological polar surface area (TPSA) is 55.4 Å². The van der Waals surface area contributed by atoms with Gasteiger partial charge in [0.25, 0.3) is 0 Å². The van der Waals surface area contributed by atoms with Crippen molar-refractivity contribution in [1.29, 1.82) is 0 Å². The maximum absolute atomic E-state index is 13.8. The van der Waals surface area contributed by atoms with Gasteiger partial charge in [0, 0.05) is 0 Å². The van der Waals surface area contributed by atoms with Crippen LogP contribution in [0.3, 0.4) is 0 Å². The number of hydrogen-bond donors (Lipinski definition) is 1. The molecule has 1 N–H and O–H groups in total. The normalized spacial score (nSPS) is 16.3. The van der Waals surface area contributed by atoms with E-state index in [1.165, 1.54) is 0 Å². The van der Waals surface area contributed by atoms with Gasteiger partial charge in [0.15, 0.2) is 0 Å². The molecule has 0 bridgehead atoms. The molecule has 0 aromatic rings. The Labute approximate surface area is 177 Å². The molecule has 4 nitrogen and oxygen atoms in total. The van der Waals surface area contributed by atoms with Crippen LogP contribution >= 0.6 is 0 Å². The van der Waals surface area contributed by atoms with Crippen LogP contribution in [0.4, 0.5) is 13.2 Å². The Morgan fingerprint density at radius 3 is 1.83 bits per heavy atom. The first kappa shape index (κ1) is 28.4. The van der Waals surface area contributed by atoms with Gasteiger partial charge >= 0.3 is 12.1 Å². The van der Waals surface area contributed by atoms with Crippen LogP contribution in [0.5, 0.6) is 0 Å². The van der Waals surface area contributed by atoms with Gasteiger partial charge in [-0.25, -0.2) is 8.93 Å². The number of esters is 1. The van der Waals surface area contributed by atoms with E-state index in [0.717, 1.165) is 38.5 Å². The summed E-state index contributed by atoms with van der Waals surface area (Å²) in [5.41, 5.74) is -0.894. The molecule has 0 aliphatic carbocycles. The summed E-state index contributed by atoms with van der Waals surface area (Å²) < 4.78 is 60.4.